The molecule has 1 atom stereocenters. The topological polar surface area (TPSA) is 0 Å². The Labute approximate surface area is 190 Å². The number of fused-ring (bicyclic) bond motifs is 11. The third-order valence-electron chi connectivity index (χ3n) is 6.81. The Hall–Kier alpha value is -3.00. The molecule has 1 unspecified atom stereocenters. The molecule has 7 rings (SSSR count). The van der Waals surface area contributed by atoms with E-state index in [0.717, 1.165) is 5.02 Å². The largest absolute Gasteiger partial charge is 0.0878 e. The van der Waals surface area contributed by atoms with E-state index in [0.29, 0.717) is 0 Å². The Balaban J connectivity index is 1.75. The molecule has 0 saturated carbocycles. The minimum Gasteiger partial charge on any atom is -0.0878 e. The van der Waals surface area contributed by atoms with Crippen LogP contribution >= 0.6 is 23.4 Å². The summed E-state index contributed by atoms with van der Waals surface area (Å²) in [7, 11) is 0. The second-order valence-corrected chi connectivity index (χ2v) is 9.68. The molecular formula is C29H17ClS. The van der Waals surface area contributed by atoms with E-state index < -0.39 is 0 Å². The molecule has 2 heteroatoms. The van der Waals surface area contributed by atoms with E-state index in [1.807, 2.05) is 6.07 Å². The van der Waals surface area contributed by atoms with Gasteiger partial charge in [0.25, 0.3) is 0 Å². The van der Waals surface area contributed by atoms with Crippen molar-refractivity contribution in [3.63, 3.8) is 0 Å². The van der Waals surface area contributed by atoms with E-state index in [2.05, 4.69) is 97.1 Å². The van der Waals surface area contributed by atoms with Crippen LogP contribution in [-0.2, 0) is 5.41 Å². The molecule has 0 fully saturated rings. The van der Waals surface area contributed by atoms with E-state index in [1.54, 1.807) is 11.8 Å². The third kappa shape index (κ3) is 2.13. The van der Waals surface area contributed by atoms with Gasteiger partial charge in [-0.2, -0.15) is 0 Å². The normalized spacial score (nSPS) is 17.8. The lowest BCUT2D eigenvalue weighted by atomic mass is 9.67. The van der Waals surface area contributed by atoms with Crippen LogP contribution in [0.4, 0.5) is 0 Å². The zero-order chi connectivity index (χ0) is 20.6. The van der Waals surface area contributed by atoms with Gasteiger partial charge in [-0.05, 0) is 56.3 Å². The molecule has 2 aliphatic rings. The molecule has 5 aromatic carbocycles. The molecule has 0 saturated heterocycles. The van der Waals surface area contributed by atoms with Crippen molar-refractivity contribution >= 4 is 34.1 Å². The van der Waals surface area contributed by atoms with Gasteiger partial charge in [0.15, 0.2) is 0 Å². The van der Waals surface area contributed by atoms with Gasteiger partial charge in [-0.1, -0.05) is 114 Å². The Bertz CT molecular complexity index is 1530. The number of halogens is 1. The highest BCUT2D eigenvalue weighted by molar-refractivity contribution is 7.99. The molecule has 146 valence electrons. The Morgan fingerprint density at radius 3 is 2.26 bits per heavy atom. The summed E-state index contributed by atoms with van der Waals surface area (Å²) >= 11 is 8.59. The fourth-order valence-electron chi connectivity index (χ4n) is 5.66. The lowest BCUT2D eigenvalue weighted by Crippen LogP contribution is -2.32. The molecule has 0 radical (unpaired) electrons. The van der Waals surface area contributed by atoms with Crippen LogP contribution in [0.1, 0.15) is 22.3 Å². The van der Waals surface area contributed by atoms with Gasteiger partial charge < -0.3 is 0 Å². The predicted molar refractivity (Wildman–Crippen MR) is 130 cm³/mol. The Morgan fingerprint density at radius 1 is 0.581 bits per heavy atom. The summed E-state index contributed by atoms with van der Waals surface area (Å²) in [5, 5.41) is 3.41. The second kappa shape index (κ2) is 6.26. The van der Waals surface area contributed by atoms with Gasteiger partial charge in [-0.25, -0.2) is 0 Å². The van der Waals surface area contributed by atoms with E-state index >= 15 is 0 Å². The van der Waals surface area contributed by atoms with Crippen LogP contribution in [0.5, 0.6) is 0 Å². The van der Waals surface area contributed by atoms with Crippen LogP contribution in [0.2, 0.25) is 5.02 Å². The van der Waals surface area contributed by atoms with E-state index in [1.165, 1.54) is 53.9 Å². The average Bonchev–Trinajstić information content (AvgIpc) is 3.12. The summed E-state index contributed by atoms with van der Waals surface area (Å²) in [5.41, 5.74) is 7.63. The van der Waals surface area contributed by atoms with Crippen molar-refractivity contribution in [2.75, 3.05) is 0 Å². The van der Waals surface area contributed by atoms with Crippen molar-refractivity contribution in [2.24, 2.45) is 0 Å². The highest BCUT2D eigenvalue weighted by Crippen LogP contribution is 2.63. The zero-order valence-corrected chi connectivity index (χ0v) is 18.2. The van der Waals surface area contributed by atoms with Crippen LogP contribution in [0, 0.1) is 0 Å². The number of hydrogen-bond donors (Lipinski definition) is 0. The monoisotopic (exact) mass is 432 g/mol. The smallest absolute Gasteiger partial charge is 0.0736 e. The molecule has 1 aliphatic carbocycles. The van der Waals surface area contributed by atoms with Crippen LogP contribution < -0.4 is 0 Å². The highest BCUT2D eigenvalue weighted by Gasteiger charge is 2.50. The van der Waals surface area contributed by atoms with Crippen molar-refractivity contribution in [3.05, 3.63) is 130 Å². The molecule has 0 aromatic heterocycles. The molecule has 0 amide bonds. The summed E-state index contributed by atoms with van der Waals surface area (Å²) in [6.07, 6.45) is 0. The maximum absolute atomic E-state index is 6.80. The van der Waals surface area contributed by atoms with Crippen molar-refractivity contribution in [3.8, 4) is 11.1 Å². The van der Waals surface area contributed by atoms with E-state index in [9.17, 15) is 0 Å². The number of rotatable bonds is 0. The first-order valence-corrected chi connectivity index (χ1v) is 11.7. The highest BCUT2D eigenvalue weighted by atomic mass is 35.5. The molecular weight excluding hydrogens is 416 g/mol. The zero-order valence-electron chi connectivity index (χ0n) is 16.6. The fraction of sp³-hybridized carbons (Fsp3) is 0.0345. The first kappa shape index (κ1) is 17.7. The van der Waals surface area contributed by atoms with Gasteiger partial charge in [0, 0.05) is 9.79 Å². The summed E-state index contributed by atoms with van der Waals surface area (Å²) in [4.78, 5) is 2.44. The lowest BCUT2D eigenvalue weighted by molar-refractivity contribution is 0.723. The van der Waals surface area contributed by atoms with Crippen molar-refractivity contribution in [1.29, 1.82) is 0 Å². The number of hydrogen-bond acceptors (Lipinski definition) is 1. The minimum absolute atomic E-state index is 0.363. The molecule has 0 N–H and O–H groups in total. The van der Waals surface area contributed by atoms with Gasteiger partial charge in [0.05, 0.1) is 10.4 Å². The SMILES string of the molecule is Clc1cccc2c1Sc1ccccc1C21c2ccccc2-c2c1ccc1ccccc21. The minimum atomic E-state index is -0.363. The quantitative estimate of drug-likeness (QED) is 0.232. The van der Waals surface area contributed by atoms with Crippen LogP contribution in [0.3, 0.4) is 0 Å². The van der Waals surface area contributed by atoms with E-state index in [4.69, 9.17) is 11.6 Å². The Morgan fingerprint density at radius 2 is 1.32 bits per heavy atom. The average molecular weight is 433 g/mol. The third-order valence-corrected chi connectivity index (χ3v) is 8.45. The maximum Gasteiger partial charge on any atom is 0.0736 e. The molecule has 1 aliphatic heterocycles. The Kier molecular flexibility index (Phi) is 3.57. The van der Waals surface area contributed by atoms with E-state index in [-0.39, 0.29) is 5.41 Å². The molecule has 0 bridgehead atoms. The van der Waals surface area contributed by atoms with Crippen molar-refractivity contribution in [2.45, 2.75) is 15.2 Å². The molecule has 0 nitrogen and oxygen atoms in total. The van der Waals surface area contributed by atoms with Crippen LogP contribution in [0.15, 0.2) is 113 Å². The maximum atomic E-state index is 6.80. The van der Waals surface area contributed by atoms with Gasteiger partial charge >= 0.3 is 0 Å². The summed E-state index contributed by atoms with van der Waals surface area (Å²) < 4.78 is 0. The summed E-state index contributed by atoms with van der Waals surface area (Å²) in [6.45, 7) is 0. The van der Waals surface area contributed by atoms with Gasteiger partial charge in [-0.15, -0.1) is 0 Å². The molecule has 31 heavy (non-hydrogen) atoms. The van der Waals surface area contributed by atoms with Gasteiger partial charge in [0.2, 0.25) is 0 Å². The molecule has 5 aromatic rings. The molecule has 1 spiro atoms. The lowest BCUT2D eigenvalue weighted by Gasteiger charge is -2.40. The summed E-state index contributed by atoms with van der Waals surface area (Å²) in [6, 6.07) is 37.5. The summed E-state index contributed by atoms with van der Waals surface area (Å²) in [5.74, 6) is 0. The van der Waals surface area contributed by atoms with Gasteiger partial charge in [0.1, 0.15) is 0 Å². The van der Waals surface area contributed by atoms with Crippen LogP contribution in [0.25, 0.3) is 21.9 Å². The first-order chi connectivity index (χ1) is 15.3. The van der Waals surface area contributed by atoms with Crippen molar-refractivity contribution in [1.82, 2.24) is 0 Å². The van der Waals surface area contributed by atoms with Crippen LogP contribution in [-0.4, -0.2) is 0 Å². The number of benzene rings is 5. The van der Waals surface area contributed by atoms with Crippen molar-refractivity contribution < 1.29 is 0 Å². The van der Waals surface area contributed by atoms with Gasteiger partial charge in [-0.3, -0.25) is 0 Å². The standard InChI is InChI=1S/C29H17ClS/c30-25-14-7-13-24-28(25)31-26-15-6-5-12-22(26)29(24)21-11-4-3-10-20(21)27-19-9-2-1-8-18(19)16-17-23(27)29/h1-17H. The first-order valence-electron chi connectivity index (χ1n) is 10.5. The fourth-order valence-corrected chi connectivity index (χ4v) is 7.14. The second-order valence-electron chi connectivity index (χ2n) is 8.22. The predicted octanol–water partition coefficient (Wildman–Crippen LogP) is 8.32. The molecule has 1 heterocycles.